The van der Waals surface area contributed by atoms with Gasteiger partial charge >= 0.3 is 0 Å². The second-order valence-electron chi connectivity index (χ2n) is 5.46. The van der Waals surface area contributed by atoms with Crippen LogP contribution in [0.1, 0.15) is 31.6 Å². The van der Waals surface area contributed by atoms with Gasteiger partial charge in [0.25, 0.3) is 10.0 Å². The lowest BCUT2D eigenvalue weighted by molar-refractivity contribution is 0.361. The van der Waals surface area contributed by atoms with Gasteiger partial charge in [0.15, 0.2) is 0 Å². The third kappa shape index (κ3) is 3.56. The predicted octanol–water partition coefficient (Wildman–Crippen LogP) is 2.06. The summed E-state index contributed by atoms with van der Waals surface area (Å²) in [6.07, 6.45) is 2.73. The van der Waals surface area contributed by atoms with Crippen LogP contribution in [0.25, 0.3) is 0 Å². The van der Waals surface area contributed by atoms with Gasteiger partial charge < -0.3 is 5.73 Å². The maximum absolute atomic E-state index is 12.7. The van der Waals surface area contributed by atoms with E-state index in [1.165, 1.54) is 11.3 Å². The first-order chi connectivity index (χ1) is 8.95. The van der Waals surface area contributed by atoms with E-state index >= 15 is 0 Å². The van der Waals surface area contributed by atoms with Gasteiger partial charge in [0.05, 0.1) is 0 Å². The molecule has 1 fully saturated rings. The number of sulfonamides is 1. The van der Waals surface area contributed by atoms with Crippen molar-refractivity contribution >= 4 is 21.4 Å². The van der Waals surface area contributed by atoms with Crippen molar-refractivity contribution in [2.75, 3.05) is 13.1 Å². The zero-order valence-corrected chi connectivity index (χ0v) is 13.1. The van der Waals surface area contributed by atoms with Gasteiger partial charge in [-0.2, -0.15) is 4.31 Å². The number of nitrogens with zero attached hydrogens (tertiary/aromatic N) is 1. The second kappa shape index (κ2) is 5.91. The lowest BCUT2D eigenvalue weighted by Gasteiger charge is -2.22. The third-order valence-corrected chi connectivity index (χ3v) is 6.62. The molecule has 1 aromatic heterocycles. The largest absolute Gasteiger partial charge is 0.330 e. The smallest absolute Gasteiger partial charge is 0.252 e. The third-order valence-electron chi connectivity index (χ3n) is 3.09. The van der Waals surface area contributed by atoms with Gasteiger partial charge in [-0.25, -0.2) is 8.42 Å². The Labute approximate surface area is 119 Å². The highest BCUT2D eigenvalue weighted by atomic mass is 32.2. The van der Waals surface area contributed by atoms with E-state index in [1.54, 1.807) is 10.4 Å². The van der Waals surface area contributed by atoms with E-state index in [0.717, 1.165) is 24.1 Å². The number of rotatable bonds is 7. The molecule has 1 aliphatic carbocycles. The van der Waals surface area contributed by atoms with Crippen molar-refractivity contribution in [3.63, 3.8) is 0 Å². The molecule has 0 spiro atoms. The Kier molecular flexibility index (Phi) is 4.66. The first-order valence-corrected chi connectivity index (χ1v) is 9.01. The van der Waals surface area contributed by atoms with E-state index in [-0.39, 0.29) is 6.04 Å². The Hall–Kier alpha value is -0.430. The fourth-order valence-electron chi connectivity index (χ4n) is 2.05. The van der Waals surface area contributed by atoms with Crippen molar-refractivity contribution in [3.05, 3.63) is 17.0 Å². The number of hydrogen-bond donors (Lipinski definition) is 1. The van der Waals surface area contributed by atoms with E-state index in [0.29, 0.717) is 23.2 Å². The fraction of sp³-hybridized carbons (Fsp3) is 0.692. The van der Waals surface area contributed by atoms with E-state index in [4.69, 9.17) is 5.73 Å². The van der Waals surface area contributed by atoms with E-state index in [9.17, 15) is 8.42 Å². The maximum atomic E-state index is 12.7. The maximum Gasteiger partial charge on any atom is 0.252 e. The number of hydrogen-bond acceptors (Lipinski definition) is 4. The highest BCUT2D eigenvalue weighted by molar-refractivity contribution is 7.91. The zero-order valence-electron chi connectivity index (χ0n) is 11.5. The van der Waals surface area contributed by atoms with Gasteiger partial charge in [-0.15, -0.1) is 11.3 Å². The van der Waals surface area contributed by atoms with Crippen LogP contribution in [0.3, 0.4) is 0 Å². The lowest BCUT2D eigenvalue weighted by atomic mass is 10.2. The van der Waals surface area contributed by atoms with Crippen LogP contribution in [0, 0.1) is 5.92 Å². The Bertz CT molecular complexity index is 519. The van der Waals surface area contributed by atoms with Crippen LogP contribution in [0.2, 0.25) is 0 Å². The molecule has 1 heterocycles. The second-order valence-corrected chi connectivity index (χ2v) is 8.74. The van der Waals surface area contributed by atoms with Gasteiger partial charge in [-0.05, 0) is 43.9 Å². The van der Waals surface area contributed by atoms with E-state index in [1.807, 2.05) is 6.07 Å². The molecule has 19 heavy (non-hydrogen) atoms. The molecule has 2 rings (SSSR count). The molecule has 1 saturated carbocycles. The summed E-state index contributed by atoms with van der Waals surface area (Å²) >= 11 is 1.36. The Morgan fingerprint density at radius 1 is 1.42 bits per heavy atom. The van der Waals surface area contributed by atoms with Gasteiger partial charge in [-0.1, -0.05) is 13.8 Å². The van der Waals surface area contributed by atoms with Gasteiger partial charge in [-0.3, -0.25) is 0 Å². The molecule has 0 amide bonds. The SMILES string of the molecule is CC(C)CN(C1CC1)S(=O)(=O)c1ccc(CCN)s1. The normalized spacial score (nSPS) is 16.5. The van der Waals surface area contributed by atoms with Crippen molar-refractivity contribution in [1.82, 2.24) is 4.31 Å². The molecule has 6 heteroatoms. The Morgan fingerprint density at radius 3 is 2.63 bits per heavy atom. The molecule has 0 bridgehead atoms. The first kappa shape index (κ1) is 15.0. The summed E-state index contributed by atoms with van der Waals surface area (Å²) in [4.78, 5) is 1.04. The van der Waals surface area contributed by atoms with Crippen molar-refractivity contribution in [1.29, 1.82) is 0 Å². The molecule has 0 atom stereocenters. The van der Waals surface area contributed by atoms with Crippen LogP contribution in [0.5, 0.6) is 0 Å². The van der Waals surface area contributed by atoms with Gasteiger partial charge in [0, 0.05) is 17.5 Å². The summed E-state index contributed by atoms with van der Waals surface area (Å²) in [6, 6.07) is 3.82. The molecule has 0 aromatic carbocycles. The monoisotopic (exact) mass is 302 g/mol. The van der Waals surface area contributed by atoms with Crippen LogP contribution in [0.15, 0.2) is 16.3 Å². The molecular formula is C13H22N2O2S2. The molecule has 108 valence electrons. The van der Waals surface area contributed by atoms with Crippen LogP contribution in [-0.4, -0.2) is 31.9 Å². The van der Waals surface area contributed by atoms with Crippen molar-refractivity contribution in [3.8, 4) is 0 Å². The van der Waals surface area contributed by atoms with Crippen molar-refractivity contribution < 1.29 is 8.42 Å². The summed E-state index contributed by atoms with van der Waals surface area (Å²) in [5.74, 6) is 0.346. The minimum Gasteiger partial charge on any atom is -0.330 e. The molecule has 2 N–H and O–H groups in total. The first-order valence-electron chi connectivity index (χ1n) is 6.75. The van der Waals surface area contributed by atoms with Crippen LogP contribution >= 0.6 is 11.3 Å². The van der Waals surface area contributed by atoms with Gasteiger partial charge in [0.2, 0.25) is 0 Å². The summed E-state index contributed by atoms with van der Waals surface area (Å²) < 4.78 is 27.5. The fourth-order valence-corrected chi connectivity index (χ4v) is 5.40. The van der Waals surface area contributed by atoms with Gasteiger partial charge in [0.1, 0.15) is 4.21 Å². The molecule has 1 aromatic rings. The predicted molar refractivity (Wildman–Crippen MR) is 78.8 cm³/mol. The molecular weight excluding hydrogens is 280 g/mol. The molecule has 0 radical (unpaired) electrons. The van der Waals surface area contributed by atoms with Crippen molar-refractivity contribution in [2.24, 2.45) is 11.7 Å². The highest BCUT2D eigenvalue weighted by Gasteiger charge is 2.38. The molecule has 0 unspecified atom stereocenters. The number of nitrogens with two attached hydrogens (primary N) is 1. The lowest BCUT2D eigenvalue weighted by Crippen LogP contribution is -2.35. The highest BCUT2D eigenvalue weighted by Crippen LogP contribution is 2.34. The summed E-state index contributed by atoms with van der Waals surface area (Å²) in [7, 11) is -3.32. The summed E-state index contributed by atoms with van der Waals surface area (Å²) in [5.41, 5.74) is 5.51. The summed E-state index contributed by atoms with van der Waals surface area (Å²) in [6.45, 7) is 5.27. The van der Waals surface area contributed by atoms with Crippen LogP contribution < -0.4 is 5.73 Å². The van der Waals surface area contributed by atoms with E-state index < -0.39 is 10.0 Å². The van der Waals surface area contributed by atoms with Crippen molar-refractivity contribution in [2.45, 2.75) is 43.4 Å². The zero-order chi connectivity index (χ0) is 14.0. The Balaban J connectivity index is 2.22. The summed E-state index contributed by atoms with van der Waals surface area (Å²) in [5, 5.41) is 0. The average Bonchev–Trinajstić information content (AvgIpc) is 3.05. The number of thiophene rings is 1. The molecule has 4 nitrogen and oxygen atoms in total. The van der Waals surface area contributed by atoms with Crippen LogP contribution in [0.4, 0.5) is 0 Å². The topological polar surface area (TPSA) is 63.4 Å². The average molecular weight is 302 g/mol. The van der Waals surface area contributed by atoms with E-state index in [2.05, 4.69) is 13.8 Å². The quantitative estimate of drug-likeness (QED) is 0.838. The molecule has 1 aliphatic rings. The Morgan fingerprint density at radius 2 is 2.11 bits per heavy atom. The molecule has 0 aliphatic heterocycles. The van der Waals surface area contributed by atoms with Crippen LogP contribution in [-0.2, 0) is 16.4 Å². The standard InChI is InChI=1S/C13H22N2O2S2/c1-10(2)9-15(11-3-4-11)19(16,17)13-6-5-12(18-13)7-8-14/h5-6,10-11H,3-4,7-9,14H2,1-2H3. The molecule has 0 saturated heterocycles. The minimum absolute atomic E-state index is 0.215. The minimum atomic E-state index is -3.32.